The van der Waals surface area contributed by atoms with E-state index in [-0.39, 0.29) is 24.3 Å². The number of nitrogens with zero attached hydrogens (tertiary/aromatic N) is 4. The molecule has 0 amide bonds. The number of aryl methyl sites for hydroxylation is 2. The number of rotatable bonds is 8. The van der Waals surface area contributed by atoms with Crippen molar-refractivity contribution >= 4 is 5.97 Å². The van der Waals surface area contributed by atoms with Gasteiger partial charge in [0.25, 0.3) is 0 Å². The lowest BCUT2D eigenvalue weighted by Crippen LogP contribution is -2.22. The van der Waals surface area contributed by atoms with Crippen LogP contribution in [0.5, 0.6) is 5.88 Å². The van der Waals surface area contributed by atoms with Crippen molar-refractivity contribution in [3.8, 4) is 17.1 Å². The number of aromatic nitrogens is 4. The minimum atomic E-state index is -0.167. The Morgan fingerprint density at radius 1 is 1.25 bits per heavy atom. The van der Waals surface area contributed by atoms with Crippen molar-refractivity contribution in [1.82, 2.24) is 19.7 Å². The van der Waals surface area contributed by atoms with Gasteiger partial charge in [0.2, 0.25) is 5.88 Å². The van der Waals surface area contributed by atoms with Gasteiger partial charge in [-0.15, -0.1) is 0 Å². The normalized spacial score (nSPS) is 23.3. The fraction of sp³-hybridized carbons (Fsp3) is 0.652. The molecule has 2 fully saturated rings. The molecule has 1 unspecified atom stereocenters. The van der Waals surface area contributed by atoms with Gasteiger partial charge >= 0.3 is 5.97 Å². The van der Waals surface area contributed by atoms with E-state index in [1.54, 1.807) is 17.1 Å². The molecule has 2 aromatic rings. The molecule has 0 spiro atoms. The first-order valence-corrected chi connectivity index (χ1v) is 11.5. The fourth-order valence-corrected chi connectivity index (χ4v) is 4.26. The van der Waals surface area contributed by atoms with Crippen LogP contribution in [0.4, 0.5) is 0 Å². The van der Waals surface area contributed by atoms with Crippen LogP contribution in [0.25, 0.3) is 11.3 Å². The van der Waals surface area contributed by atoms with Crippen LogP contribution >= 0.6 is 0 Å². The smallest absolute Gasteiger partial charge is 0.309 e. The van der Waals surface area contributed by atoms with Crippen molar-refractivity contribution in [2.24, 2.45) is 13.0 Å². The van der Waals surface area contributed by atoms with Gasteiger partial charge in [-0.1, -0.05) is 0 Å². The van der Waals surface area contributed by atoms with Crippen molar-refractivity contribution in [3.63, 3.8) is 0 Å². The predicted molar refractivity (Wildman–Crippen MR) is 116 cm³/mol. The van der Waals surface area contributed by atoms with E-state index in [4.69, 9.17) is 23.9 Å². The van der Waals surface area contributed by atoms with E-state index in [2.05, 4.69) is 10.1 Å². The molecule has 32 heavy (non-hydrogen) atoms. The maximum absolute atomic E-state index is 12.0. The summed E-state index contributed by atoms with van der Waals surface area (Å²) in [5, 5.41) is 4.38. The van der Waals surface area contributed by atoms with Gasteiger partial charge in [-0.3, -0.25) is 9.48 Å². The van der Waals surface area contributed by atoms with Crippen molar-refractivity contribution in [3.05, 3.63) is 23.8 Å². The average Bonchev–Trinajstić information content (AvgIpc) is 3.41. The molecule has 1 saturated heterocycles. The summed E-state index contributed by atoms with van der Waals surface area (Å²) in [4.78, 5) is 21.2. The topological polar surface area (TPSA) is 97.6 Å². The third-order valence-corrected chi connectivity index (χ3v) is 6.07. The van der Waals surface area contributed by atoms with E-state index in [1.165, 1.54) is 0 Å². The molecule has 3 heterocycles. The van der Waals surface area contributed by atoms with E-state index < -0.39 is 0 Å². The lowest BCUT2D eigenvalue weighted by Gasteiger charge is -2.22. The van der Waals surface area contributed by atoms with Crippen LogP contribution in [0.2, 0.25) is 0 Å². The van der Waals surface area contributed by atoms with E-state index in [9.17, 15) is 4.79 Å². The number of esters is 1. The molecule has 2 aliphatic rings. The van der Waals surface area contributed by atoms with Gasteiger partial charge in [0.1, 0.15) is 11.8 Å². The highest BCUT2D eigenvalue weighted by atomic mass is 16.7. The largest absolute Gasteiger partial charge is 0.473 e. The molecule has 0 N–H and O–H groups in total. The third kappa shape index (κ3) is 5.27. The minimum Gasteiger partial charge on any atom is -0.473 e. The first-order chi connectivity index (χ1) is 15.5. The van der Waals surface area contributed by atoms with Crippen molar-refractivity contribution < 1.29 is 23.7 Å². The van der Waals surface area contributed by atoms with Crippen molar-refractivity contribution in [1.29, 1.82) is 0 Å². The zero-order chi connectivity index (χ0) is 22.5. The summed E-state index contributed by atoms with van der Waals surface area (Å²) in [6.45, 7) is 5.25. The summed E-state index contributed by atoms with van der Waals surface area (Å²) in [5.41, 5.74) is 3.23. The van der Waals surface area contributed by atoms with Gasteiger partial charge < -0.3 is 18.9 Å². The number of carbonyl (C=O) groups is 1. The Morgan fingerprint density at radius 3 is 2.88 bits per heavy atom. The second-order valence-electron chi connectivity index (χ2n) is 8.38. The molecule has 1 saturated carbocycles. The zero-order valence-electron chi connectivity index (χ0n) is 19.1. The van der Waals surface area contributed by atoms with Crippen LogP contribution in [-0.4, -0.2) is 51.3 Å². The van der Waals surface area contributed by atoms with Gasteiger partial charge in [0.15, 0.2) is 6.29 Å². The number of hydrogen-bond acceptors (Lipinski definition) is 8. The summed E-state index contributed by atoms with van der Waals surface area (Å²) in [7, 11) is 1.89. The summed E-state index contributed by atoms with van der Waals surface area (Å²) in [5.74, 6) is 0.265. The van der Waals surface area contributed by atoms with Crippen LogP contribution in [0, 0.1) is 12.8 Å². The second-order valence-corrected chi connectivity index (χ2v) is 8.38. The number of carbonyl (C=O) groups excluding carboxylic acids is 1. The summed E-state index contributed by atoms with van der Waals surface area (Å²) < 4.78 is 24.6. The molecule has 174 valence electrons. The zero-order valence-corrected chi connectivity index (χ0v) is 19.1. The number of ether oxygens (including phenoxy) is 4. The highest BCUT2D eigenvalue weighted by Gasteiger charge is 2.32. The quantitative estimate of drug-likeness (QED) is 0.572. The molecule has 1 aliphatic carbocycles. The molecule has 1 aliphatic heterocycles. The summed E-state index contributed by atoms with van der Waals surface area (Å²) >= 11 is 0. The molecule has 9 nitrogen and oxygen atoms in total. The Hall–Kier alpha value is -2.52. The second kappa shape index (κ2) is 10.4. The molecule has 0 bridgehead atoms. The van der Waals surface area contributed by atoms with Gasteiger partial charge in [-0.05, 0) is 52.4 Å². The molecule has 4 rings (SSSR count). The Kier molecular flexibility index (Phi) is 7.36. The third-order valence-electron chi connectivity index (χ3n) is 6.07. The van der Waals surface area contributed by atoms with Crippen molar-refractivity contribution in [2.75, 3.05) is 13.2 Å². The SMILES string of the molecule is CCOC(=O)[C@H]1CC[C@H](Oc2ncc(-c3cnn(C)c3COC3CCCCO3)nc2C)C1. The first-order valence-electron chi connectivity index (χ1n) is 11.5. The molecular weight excluding hydrogens is 412 g/mol. The summed E-state index contributed by atoms with van der Waals surface area (Å²) in [6, 6.07) is 0. The minimum absolute atomic E-state index is 0.0545. The molecular formula is C23H32N4O5. The van der Waals surface area contributed by atoms with Crippen LogP contribution in [0.3, 0.4) is 0 Å². The van der Waals surface area contributed by atoms with Gasteiger partial charge in [0, 0.05) is 19.2 Å². The standard InChI is InChI=1S/C23H32N4O5/c1-4-29-23(28)16-8-9-17(11-16)32-22-15(2)26-19(13-24-22)18-12-25-27(3)20(18)14-31-21-7-5-6-10-30-21/h12-13,16-17,21H,4-11,14H2,1-3H3/t16-,17-,21?/m0/s1. The lowest BCUT2D eigenvalue weighted by atomic mass is 10.1. The highest BCUT2D eigenvalue weighted by molar-refractivity contribution is 5.72. The Balaban J connectivity index is 1.41. The predicted octanol–water partition coefficient (Wildman–Crippen LogP) is 3.34. The van der Waals surface area contributed by atoms with Crippen LogP contribution in [-0.2, 0) is 32.7 Å². The highest BCUT2D eigenvalue weighted by Crippen LogP contribution is 2.31. The lowest BCUT2D eigenvalue weighted by molar-refractivity contribution is -0.169. The number of hydrogen-bond donors (Lipinski definition) is 0. The Bertz CT molecular complexity index is 925. The molecule has 0 radical (unpaired) electrons. The Morgan fingerprint density at radius 2 is 2.12 bits per heavy atom. The monoisotopic (exact) mass is 444 g/mol. The van der Waals surface area contributed by atoms with Crippen LogP contribution < -0.4 is 4.74 Å². The van der Waals surface area contributed by atoms with Crippen LogP contribution in [0.15, 0.2) is 12.4 Å². The maximum Gasteiger partial charge on any atom is 0.309 e. The molecule has 2 aromatic heterocycles. The van der Waals surface area contributed by atoms with Crippen molar-refractivity contribution in [2.45, 2.75) is 71.4 Å². The van der Waals surface area contributed by atoms with E-state index in [0.29, 0.717) is 31.2 Å². The summed E-state index contributed by atoms with van der Waals surface area (Å²) in [6.07, 6.45) is 8.62. The molecule has 0 aromatic carbocycles. The van der Waals surface area contributed by atoms with Gasteiger partial charge in [-0.2, -0.15) is 5.10 Å². The maximum atomic E-state index is 12.0. The van der Waals surface area contributed by atoms with Crippen LogP contribution in [0.1, 0.15) is 56.8 Å². The molecule has 9 heteroatoms. The first kappa shape index (κ1) is 22.7. The fourth-order valence-electron chi connectivity index (χ4n) is 4.26. The van der Waals surface area contributed by atoms with E-state index in [1.807, 2.05) is 20.9 Å². The van der Waals surface area contributed by atoms with Gasteiger partial charge in [-0.25, -0.2) is 9.97 Å². The Labute approximate surface area is 188 Å². The average molecular weight is 445 g/mol. The van der Waals surface area contributed by atoms with Gasteiger partial charge in [0.05, 0.1) is 42.9 Å². The van der Waals surface area contributed by atoms with E-state index >= 15 is 0 Å². The van der Waals surface area contributed by atoms with E-state index in [0.717, 1.165) is 55.7 Å². The molecule has 3 atom stereocenters.